The van der Waals surface area contributed by atoms with Gasteiger partial charge in [0.15, 0.2) is 0 Å². The van der Waals surface area contributed by atoms with Gasteiger partial charge in [0, 0.05) is 17.7 Å². The predicted molar refractivity (Wildman–Crippen MR) is 77.9 cm³/mol. The van der Waals surface area contributed by atoms with E-state index in [4.69, 9.17) is 9.47 Å². The lowest BCUT2D eigenvalue weighted by Gasteiger charge is -2.18. The summed E-state index contributed by atoms with van der Waals surface area (Å²) >= 11 is 0. The topological polar surface area (TPSA) is 30.5 Å². The third-order valence-electron chi connectivity index (χ3n) is 3.22. The van der Waals surface area contributed by atoms with E-state index in [1.807, 2.05) is 0 Å². The van der Waals surface area contributed by atoms with Crippen molar-refractivity contribution in [3.8, 4) is 11.5 Å². The van der Waals surface area contributed by atoms with Gasteiger partial charge >= 0.3 is 0 Å². The average Bonchev–Trinajstić information content (AvgIpc) is 2.49. The van der Waals surface area contributed by atoms with Gasteiger partial charge in [0.2, 0.25) is 0 Å². The third-order valence-corrected chi connectivity index (χ3v) is 3.22. The quantitative estimate of drug-likeness (QED) is 0.898. The van der Waals surface area contributed by atoms with Crippen molar-refractivity contribution in [2.75, 3.05) is 19.5 Å². The van der Waals surface area contributed by atoms with Gasteiger partial charge in [-0.05, 0) is 25.1 Å². The van der Waals surface area contributed by atoms with Gasteiger partial charge in [0.05, 0.1) is 25.9 Å². The van der Waals surface area contributed by atoms with Gasteiger partial charge < -0.3 is 14.8 Å². The fourth-order valence-electron chi connectivity index (χ4n) is 2.04. The van der Waals surface area contributed by atoms with Gasteiger partial charge in [0.1, 0.15) is 23.1 Å². The van der Waals surface area contributed by atoms with Crippen LogP contribution in [0.2, 0.25) is 0 Å². The van der Waals surface area contributed by atoms with E-state index in [9.17, 15) is 8.78 Å². The van der Waals surface area contributed by atoms with Gasteiger partial charge in [-0.25, -0.2) is 8.78 Å². The summed E-state index contributed by atoms with van der Waals surface area (Å²) in [4.78, 5) is 0. The summed E-state index contributed by atoms with van der Waals surface area (Å²) in [6, 6.07) is 8.54. The molecule has 0 bridgehead atoms. The molecule has 0 spiro atoms. The number of anilines is 1. The van der Waals surface area contributed by atoms with E-state index in [1.165, 1.54) is 38.5 Å². The minimum absolute atomic E-state index is 0.261. The molecule has 0 aliphatic carbocycles. The van der Waals surface area contributed by atoms with Gasteiger partial charge in [0.25, 0.3) is 0 Å². The van der Waals surface area contributed by atoms with Crippen LogP contribution in [0.15, 0.2) is 36.4 Å². The molecule has 1 N–H and O–H groups in total. The number of methoxy groups -OCH3 is 2. The van der Waals surface area contributed by atoms with E-state index in [2.05, 4.69) is 5.32 Å². The lowest BCUT2D eigenvalue weighted by atomic mass is 10.1. The second kappa shape index (κ2) is 6.43. The Bertz CT molecular complexity index is 632. The van der Waals surface area contributed by atoms with Crippen LogP contribution < -0.4 is 14.8 Å². The molecule has 0 aromatic heterocycles. The normalized spacial score (nSPS) is 11.9. The smallest absolute Gasteiger partial charge is 0.146 e. The maximum atomic E-state index is 14.0. The molecule has 3 nitrogen and oxygen atoms in total. The number of benzene rings is 2. The van der Waals surface area contributed by atoms with Crippen LogP contribution in [0, 0.1) is 11.6 Å². The van der Waals surface area contributed by atoms with Crippen molar-refractivity contribution < 1.29 is 18.3 Å². The van der Waals surface area contributed by atoms with Gasteiger partial charge in [-0.3, -0.25) is 0 Å². The first kappa shape index (κ1) is 15.1. The Morgan fingerprint density at radius 3 is 2.14 bits per heavy atom. The van der Waals surface area contributed by atoms with E-state index < -0.39 is 17.7 Å². The largest absolute Gasteiger partial charge is 0.497 e. The van der Waals surface area contributed by atoms with Crippen LogP contribution in [-0.2, 0) is 0 Å². The second-order valence-corrected chi connectivity index (χ2v) is 4.60. The highest BCUT2D eigenvalue weighted by molar-refractivity contribution is 5.51. The molecule has 0 saturated heterocycles. The van der Waals surface area contributed by atoms with Crippen LogP contribution in [0.1, 0.15) is 18.5 Å². The molecule has 2 rings (SSSR count). The molecule has 2 aromatic carbocycles. The van der Waals surface area contributed by atoms with Crippen LogP contribution in [-0.4, -0.2) is 14.2 Å². The highest BCUT2D eigenvalue weighted by Crippen LogP contribution is 2.28. The Hall–Kier alpha value is -2.30. The second-order valence-electron chi connectivity index (χ2n) is 4.60. The zero-order chi connectivity index (χ0) is 15.4. The van der Waals surface area contributed by atoms with Crippen molar-refractivity contribution in [3.05, 3.63) is 53.6 Å². The standard InChI is InChI=1S/C16H17F2NO2/c1-10(13-6-4-11(20-2)8-15(13)18)19-16-9-12(21-3)5-7-14(16)17/h4-10,19H,1-3H3. The first-order valence-electron chi connectivity index (χ1n) is 6.48. The molecule has 112 valence electrons. The molecule has 0 radical (unpaired) electrons. The molecule has 0 aliphatic rings. The molecule has 1 unspecified atom stereocenters. The Balaban J connectivity index is 2.23. The van der Waals surface area contributed by atoms with Crippen molar-refractivity contribution in [1.82, 2.24) is 0 Å². The van der Waals surface area contributed by atoms with Crippen molar-refractivity contribution in [3.63, 3.8) is 0 Å². The monoisotopic (exact) mass is 293 g/mol. The van der Waals surface area contributed by atoms with Crippen LogP contribution in [0.4, 0.5) is 14.5 Å². The Morgan fingerprint density at radius 1 is 0.905 bits per heavy atom. The molecular weight excluding hydrogens is 276 g/mol. The van der Waals surface area contributed by atoms with E-state index in [0.29, 0.717) is 17.1 Å². The maximum Gasteiger partial charge on any atom is 0.146 e. The first-order chi connectivity index (χ1) is 10.0. The summed E-state index contributed by atoms with van der Waals surface area (Å²) in [5.41, 5.74) is 0.690. The van der Waals surface area contributed by atoms with Crippen molar-refractivity contribution in [1.29, 1.82) is 0 Å². The highest BCUT2D eigenvalue weighted by Gasteiger charge is 2.14. The predicted octanol–water partition coefficient (Wildman–Crippen LogP) is 4.16. The van der Waals surface area contributed by atoms with Gasteiger partial charge in [-0.1, -0.05) is 6.07 Å². The lowest BCUT2D eigenvalue weighted by Crippen LogP contribution is -2.10. The Kier molecular flexibility index (Phi) is 4.62. The molecule has 21 heavy (non-hydrogen) atoms. The van der Waals surface area contributed by atoms with E-state index >= 15 is 0 Å². The highest BCUT2D eigenvalue weighted by atomic mass is 19.1. The minimum atomic E-state index is -0.420. The number of halogens is 2. The number of ether oxygens (including phenoxy) is 2. The minimum Gasteiger partial charge on any atom is -0.497 e. The van der Waals surface area contributed by atoms with E-state index in [-0.39, 0.29) is 5.69 Å². The maximum absolute atomic E-state index is 14.0. The Morgan fingerprint density at radius 2 is 1.52 bits per heavy atom. The summed E-state index contributed by atoms with van der Waals surface area (Å²) in [6.45, 7) is 1.75. The SMILES string of the molecule is COc1ccc(C(C)Nc2cc(OC)ccc2F)c(F)c1. The summed E-state index contributed by atoms with van der Waals surface area (Å²) in [6.07, 6.45) is 0. The summed E-state index contributed by atoms with van der Waals surface area (Å²) in [5.74, 6) is 0.145. The van der Waals surface area contributed by atoms with Gasteiger partial charge in [-0.2, -0.15) is 0 Å². The molecule has 0 aliphatic heterocycles. The first-order valence-corrected chi connectivity index (χ1v) is 6.48. The van der Waals surface area contributed by atoms with Gasteiger partial charge in [-0.15, -0.1) is 0 Å². The number of hydrogen-bond donors (Lipinski definition) is 1. The van der Waals surface area contributed by atoms with Crippen molar-refractivity contribution in [2.24, 2.45) is 0 Å². The average molecular weight is 293 g/mol. The van der Waals surface area contributed by atoms with Crippen molar-refractivity contribution in [2.45, 2.75) is 13.0 Å². The van der Waals surface area contributed by atoms with E-state index in [0.717, 1.165) is 0 Å². The van der Waals surface area contributed by atoms with E-state index in [1.54, 1.807) is 19.1 Å². The number of nitrogens with one attached hydrogen (secondary N) is 1. The number of rotatable bonds is 5. The fourth-order valence-corrected chi connectivity index (χ4v) is 2.04. The molecular formula is C16H17F2NO2. The molecule has 0 saturated carbocycles. The summed E-state index contributed by atoms with van der Waals surface area (Å²) in [7, 11) is 2.98. The molecule has 0 heterocycles. The third kappa shape index (κ3) is 3.42. The van der Waals surface area contributed by atoms with Crippen LogP contribution in [0.5, 0.6) is 11.5 Å². The van der Waals surface area contributed by atoms with Crippen LogP contribution in [0.3, 0.4) is 0 Å². The molecule has 2 aromatic rings. The lowest BCUT2D eigenvalue weighted by molar-refractivity contribution is 0.410. The van der Waals surface area contributed by atoms with Crippen molar-refractivity contribution >= 4 is 5.69 Å². The Labute approximate surface area is 122 Å². The molecule has 0 amide bonds. The van der Waals surface area contributed by atoms with Crippen LogP contribution in [0.25, 0.3) is 0 Å². The fraction of sp³-hybridized carbons (Fsp3) is 0.250. The van der Waals surface area contributed by atoms with Crippen LogP contribution >= 0.6 is 0 Å². The molecule has 0 fully saturated rings. The molecule has 5 heteroatoms. The zero-order valence-corrected chi connectivity index (χ0v) is 12.1. The molecule has 1 atom stereocenters. The zero-order valence-electron chi connectivity index (χ0n) is 12.1. The number of hydrogen-bond acceptors (Lipinski definition) is 3. The summed E-state index contributed by atoms with van der Waals surface area (Å²) < 4.78 is 37.8. The summed E-state index contributed by atoms with van der Waals surface area (Å²) in [5, 5.41) is 2.94.